The minimum absolute atomic E-state index is 0.638. The molecule has 0 aliphatic carbocycles. The van der Waals surface area contributed by atoms with Gasteiger partial charge in [-0.2, -0.15) is 11.8 Å². The summed E-state index contributed by atoms with van der Waals surface area (Å²) in [4.78, 5) is 2.75. The van der Waals surface area contributed by atoms with Crippen molar-refractivity contribution < 1.29 is 0 Å². The fraction of sp³-hybridized carbons (Fsp3) is 1.00. The average Bonchev–Trinajstić information content (AvgIpc) is 2.76. The predicted molar refractivity (Wildman–Crippen MR) is 73.2 cm³/mol. The van der Waals surface area contributed by atoms with Crippen LogP contribution in [0.25, 0.3) is 0 Å². The van der Waals surface area contributed by atoms with Crippen molar-refractivity contribution in [2.75, 3.05) is 31.1 Å². The minimum Gasteiger partial charge on any atom is -0.314 e. The Kier molecular flexibility index (Phi) is 4.98. The van der Waals surface area contributed by atoms with Crippen LogP contribution >= 0.6 is 11.8 Å². The molecule has 94 valence electrons. The lowest BCUT2D eigenvalue weighted by Crippen LogP contribution is -2.38. The molecule has 16 heavy (non-hydrogen) atoms. The molecule has 1 N–H and O–H groups in total. The number of hydrogen-bond acceptors (Lipinski definition) is 3. The van der Waals surface area contributed by atoms with Gasteiger partial charge in [0.05, 0.1) is 0 Å². The number of rotatable bonds is 4. The molecule has 0 amide bonds. The molecule has 2 atom stereocenters. The second-order valence-electron chi connectivity index (χ2n) is 5.58. The predicted octanol–water partition coefficient (Wildman–Crippen LogP) is 2.20. The zero-order chi connectivity index (χ0) is 11.4. The second kappa shape index (κ2) is 6.27. The van der Waals surface area contributed by atoms with Gasteiger partial charge in [-0.25, -0.2) is 0 Å². The first-order chi connectivity index (χ1) is 7.75. The van der Waals surface area contributed by atoms with Gasteiger partial charge >= 0.3 is 0 Å². The van der Waals surface area contributed by atoms with Crippen LogP contribution in [0.2, 0.25) is 0 Å². The van der Waals surface area contributed by atoms with Crippen LogP contribution in [0.4, 0.5) is 0 Å². The Hall–Kier alpha value is 0.270. The normalized spacial score (nSPS) is 32.4. The third-order valence-corrected chi connectivity index (χ3v) is 4.98. The van der Waals surface area contributed by atoms with Crippen LogP contribution < -0.4 is 5.32 Å². The van der Waals surface area contributed by atoms with Gasteiger partial charge in [0.2, 0.25) is 0 Å². The molecule has 0 bridgehead atoms. The molecule has 0 aromatic carbocycles. The first-order valence-electron chi connectivity index (χ1n) is 6.81. The van der Waals surface area contributed by atoms with Crippen LogP contribution in [-0.2, 0) is 0 Å². The molecule has 0 saturated carbocycles. The molecule has 0 spiro atoms. The van der Waals surface area contributed by atoms with E-state index in [0.717, 1.165) is 12.0 Å². The molecule has 2 aliphatic rings. The lowest BCUT2D eigenvalue weighted by Gasteiger charge is -2.30. The summed E-state index contributed by atoms with van der Waals surface area (Å²) in [7, 11) is 0. The molecule has 2 fully saturated rings. The van der Waals surface area contributed by atoms with E-state index in [9.17, 15) is 0 Å². The molecule has 0 aromatic rings. The van der Waals surface area contributed by atoms with E-state index >= 15 is 0 Å². The Balaban J connectivity index is 1.70. The Bertz CT molecular complexity index is 202. The molecule has 2 unspecified atom stereocenters. The summed E-state index contributed by atoms with van der Waals surface area (Å²) in [5.74, 6) is 3.67. The second-order valence-corrected chi connectivity index (χ2v) is 6.73. The van der Waals surface area contributed by atoms with Crippen LogP contribution in [0.15, 0.2) is 0 Å². The Morgan fingerprint density at radius 2 is 2.25 bits per heavy atom. The third kappa shape index (κ3) is 3.64. The number of nitrogens with one attached hydrogen (secondary N) is 1. The van der Waals surface area contributed by atoms with Crippen molar-refractivity contribution in [3.63, 3.8) is 0 Å². The summed E-state index contributed by atoms with van der Waals surface area (Å²) >= 11 is 2.15. The van der Waals surface area contributed by atoms with Crippen LogP contribution in [0, 0.1) is 5.92 Å². The van der Waals surface area contributed by atoms with E-state index in [1.807, 2.05) is 0 Å². The number of thioether (sulfide) groups is 1. The average molecular weight is 242 g/mol. The van der Waals surface area contributed by atoms with Gasteiger partial charge in [0.1, 0.15) is 0 Å². The van der Waals surface area contributed by atoms with Crippen molar-refractivity contribution in [2.45, 2.75) is 45.2 Å². The molecule has 2 heterocycles. The fourth-order valence-corrected chi connectivity index (χ4v) is 3.96. The highest BCUT2D eigenvalue weighted by Crippen LogP contribution is 2.26. The van der Waals surface area contributed by atoms with Gasteiger partial charge in [-0.15, -0.1) is 0 Å². The topological polar surface area (TPSA) is 15.3 Å². The highest BCUT2D eigenvalue weighted by molar-refractivity contribution is 7.99. The van der Waals surface area contributed by atoms with Gasteiger partial charge in [-0.1, -0.05) is 13.8 Å². The maximum Gasteiger partial charge on any atom is 0.0186 e. The largest absolute Gasteiger partial charge is 0.314 e. The van der Waals surface area contributed by atoms with Crippen LogP contribution in [0.5, 0.6) is 0 Å². The minimum atomic E-state index is 0.638. The van der Waals surface area contributed by atoms with Crippen molar-refractivity contribution in [2.24, 2.45) is 5.92 Å². The van der Waals surface area contributed by atoms with Crippen LogP contribution in [0.1, 0.15) is 33.1 Å². The molecule has 2 aliphatic heterocycles. The van der Waals surface area contributed by atoms with Crippen LogP contribution in [-0.4, -0.2) is 48.1 Å². The summed E-state index contributed by atoms with van der Waals surface area (Å²) < 4.78 is 0. The van der Waals surface area contributed by atoms with E-state index in [0.29, 0.717) is 6.04 Å². The fourth-order valence-electron chi connectivity index (χ4n) is 2.77. The number of nitrogens with zero attached hydrogens (tertiary/aromatic N) is 1. The molecule has 0 radical (unpaired) electrons. The summed E-state index contributed by atoms with van der Waals surface area (Å²) in [5, 5.41) is 3.58. The SMILES string of the molecule is CC(C)NCC1CCN(C2CCCSC2)C1. The smallest absolute Gasteiger partial charge is 0.0186 e. The molecule has 3 heteroatoms. The Labute approximate surface area is 105 Å². The van der Waals surface area contributed by atoms with Crippen molar-refractivity contribution in [1.82, 2.24) is 10.2 Å². The first-order valence-corrected chi connectivity index (χ1v) is 7.96. The summed E-state index contributed by atoms with van der Waals surface area (Å²) in [6.07, 6.45) is 4.28. The Morgan fingerprint density at radius 3 is 2.94 bits per heavy atom. The molecule has 2 rings (SSSR count). The quantitative estimate of drug-likeness (QED) is 0.814. The highest BCUT2D eigenvalue weighted by atomic mass is 32.2. The van der Waals surface area contributed by atoms with Crippen LogP contribution in [0.3, 0.4) is 0 Å². The van der Waals surface area contributed by atoms with E-state index in [2.05, 4.69) is 35.8 Å². The van der Waals surface area contributed by atoms with Gasteiger partial charge in [0.15, 0.2) is 0 Å². The van der Waals surface area contributed by atoms with Crippen molar-refractivity contribution in [1.29, 1.82) is 0 Å². The molecular weight excluding hydrogens is 216 g/mol. The number of hydrogen-bond donors (Lipinski definition) is 1. The van der Waals surface area contributed by atoms with Crippen molar-refractivity contribution in [3.05, 3.63) is 0 Å². The van der Waals surface area contributed by atoms with Crippen molar-refractivity contribution in [3.8, 4) is 0 Å². The molecular formula is C13H26N2S. The van der Waals surface area contributed by atoms with Gasteiger partial charge in [0, 0.05) is 24.4 Å². The van der Waals surface area contributed by atoms with E-state index in [1.54, 1.807) is 0 Å². The van der Waals surface area contributed by atoms with E-state index in [4.69, 9.17) is 0 Å². The van der Waals surface area contributed by atoms with Gasteiger partial charge in [0.25, 0.3) is 0 Å². The lowest BCUT2D eigenvalue weighted by atomic mass is 10.1. The van der Waals surface area contributed by atoms with E-state index in [-0.39, 0.29) is 0 Å². The summed E-state index contributed by atoms with van der Waals surface area (Å²) in [6.45, 7) is 8.38. The highest BCUT2D eigenvalue weighted by Gasteiger charge is 2.28. The maximum atomic E-state index is 3.58. The summed E-state index contributed by atoms with van der Waals surface area (Å²) in [6, 6.07) is 1.53. The first kappa shape index (κ1) is 12.7. The standard InChI is InChI=1S/C13H26N2S/c1-11(2)14-8-12-5-6-15(9-12)13-4-3-7-16-10-13/h11-14H,3-10H2,1-2H3. The molecule has 2 nitrogen and oxygen atoms in total. The van der Waals surface area contributed by atoms with Gasteiger partial charge in [-0.3, -0.25) is 4.90 Å². The van der Waals surface area contributed by atoms with Crippen molar-refractivity contribution >= 4 is 11.8 Å². The van der Waals surface area contributed by atoms with E-state index in [1.165, 1.54) is 50.4 Å². The van der Waals surface area contributed by atoms with Gasteiger partial charge in [-0.05, 0) is 44.0 Å². The zero-order valence-electron chi connectivity index (χ0n) is 10.7. The number of likely N-dealkylation sites (tertiary alicyclic amines) is 1. The monoisotopic (exact) mass is 242 g/mol. The Morgan fingerprint density at radius 1 is 1.38 bits per heavy atom. The summed E-state index contributed by atoms with van der Waals surface area (Å²) in [5.41, 5.74) is 0. The van der Waals surface area contributed by atoms with E-state index < -0.39 is 0 Å². The maximum absolute atomic E-state index is 3.58. The third-order valence-electron chi connectivity index (χ3n) is 3.78. The molecule has 2 saturated heterocycles. The lowest BCUT2D eigenvalue weighted by molar-refractivity contribution is 0.236. The zero-order valence-corrected chi connectivity index (χ0v) is 11.6. The van der Waals surface area contributed by atoms with Gasteiger partial charge < -0.3 is 5.32 Å². The molecule has 0 aromatic heterocycles.